The van der Waals surface area contributed by atoms with Gasteiger partial charge in [0.1, 0.15) is 0 Å². The standard InChI is InChI=1S/C17H30N2O3/c1-2-3-4-5-6-7-8-9-10-11-12-16(17(20)21)19(22)14-13-18-15-19/h13-16,22H,2-12H2,1H3/p+1. The summed E-state index contributed by atoms with van der Waals surface area (Å²) in [6, 6.07) is -0.850. The molecule has 0 spiro atoms. The summed E-state index contributed by atoms with van der Waals surface area (Å²) in [5, 5.41) is 19.5. The first-order valence-corrected chi connectivity index (χ1v) is 8.66. The molecular formula is C17H31N2O3+. The van der Waals surface area contributed by atoms with Crippen LogP contribution in [0, 0.1) is 0 Å². The van der Waals surface area contributed by atoms with Crippen LogP contribution in [0.5, 0.6) is 0 Å². The Morgan fingerprint density at radius 1 is 1.05 bits per heavy atom. The third-order valence-corrected chi connectivity index (χ3v) is 4.26. The van der Waals surface area contributed by atoms with Gasteiger partial charge in [-0.3, -0.25) is 0 Å². The van der Waals surface area contributed by atoms with Gasteiger partial charge in [0.25, 0.3) is 0 Å². The van der Waals surface area contributed by atoms with Crippen molar-refractivity contribution in [3.8, 4) is 0 Å². The normalized spacial score (nSPS) is 21.4. The van der Waals surface area contributed by atoms with Crippen LogP contribution < -0.4 is 0 Å². The van der Waals surface area contributed by atoms with Gasteiger partial charge in [0.15, 0.2) is 6.20 Å². The molecule has 0 aromatic rings. The summed E-state index contributed by atoms with van der Waals surface area (Å²) in [7, 11) is 0. The highest BCUT2D eigenvalue weighted by Gasteiger charge is 2.40. The third-order valence-electron chi connectivity index (χ3n) is 4.26. The summed E-state index contributed by atoms with van der Waals surface area (Å²) in [4.78, 5) is 15.1. The number of aliphatic carboxylic acids is 1. The van der Waals surface area contributed by atoms with Crippen molar-refractivity contribution in [3.05, 3.63) is 12.4 Å². The smallest absolute Gasteiger partial charge is 0.366 e. The molecule has 0 fully saturated rings. The monoisotopic (exact) mass is 311 g/mol. The molecule has 1 rings (SSSR count). The van der Waals surface area contributed by atoms with E-state index in [1.165, 1.54) is 63.7 Å². The number of carboxylic acid groups (broad SMARTS) is 1. The van der Waals surface area contributed by atoms with Crippen LogP contribution in [-0.2, 0) is 4.79 Å². The van der Waals surface area contributed by atoms with Crippen molar-refractivity contribution >= 4 is 12.3 Å². The molecule has 22 heavy (non-hydrogen) atoms. The van der Waals surface area contributed by atoms with Crippen molar-refractivity contribution in [2.24, 2.45) is 4.99 Å². The molecule has 1 aliphatic rings. The number of carbonyl (C=O) groups is 1. The first kappa shape index (κ1) is 18.8. The molecule has 5 heteroatoms. The van der Waals surface area contributed by atoms with Gasteiger partial charge in [0.2, 0.25) is 12.4 Å². The van der Waals surface area contributed by atoms with Crippen LogP contribution in [0.15, 0.2) is 17.4 Å². The Bertz CT molecular complexity index is 368. The van der Waals surface area contributed by atoms with Crippen molar-refractivity contribution in [2.75, 3.05) is 0 Å². The number of hydrogen-bond acceptors (Lipinski definition) is 3. The average molecular weight is 311 g/mol. The first-order valence-electron chi connectivity index (χ1n) is 8.66. The number of aliphatic imine (C=N–C) groups is 1. The van der Waals surface area contributed by atoms with Crippen molar-refractivity contribution in [1.29, 1.82) is 0 Å². The molecular weight excluding hydrogens is 280 g/mol. The number of hydroxylamine groups is 3. The summed E-state index contributed by atoms with van der Waals surface area (Å²) in [6.45, 7) is 2.23. The van der Waals surface area contributed by atoms with Crippen LogP contribution in [0.1, 0.15) is 77.6 Å². The molecule has 2 N–H and O–H groups in total. The highest BCUT2D eigenvalue weighted by atomic mass is 16.6. The molecule has 1 aliphatic heterocycles. The highest BCUT2D eigenvalue weighted by molar-refractivity contribution is 5.74. The van der Waals surface area contributed by atoms with Gasteiger partial charge < -0.3 is 5.11 Å². The molecule has 0 aromatic heterocycles. The summed E-state index contributed by atoms with van der Waals surface area (Å²) < 4.78 is -0.702. The SMILES string of the molecule is CCCCCCCCCCCCC(C(=O)O)[N+]1(O)C=CN=C1. The van der Waals surface area contributed by atoms with Gasteiger partial charge in [-0.15, -0.1) is 4.65 Å². The maximum absolute atomic E-state index is 11.3. The molecule has 0 amide bonds. The van der Waals surface area contributed by atoms with Crippen LogP contribution in [0.2, 0.25) is 0 Å². The summed E-state index contributed by atoms with van der Waals surface area (Å²) in [5.41, 5.74) is 0. The minimum absolute atomic E-state index is 0.471. The third kappa shape index (κ3) is 6.71. The maximum Gasteiger partial charge on any atom is 0.366 e. The molecule has 126 valence electrons. The number of carboxylic acids is 1. The highest BCUT2D eigenvalue weighted by Crippen LogP contribution is 2.20. The number of quaternary nitrogens is 1. The van der Waals surface area contributed by atoms with E-state index in [1.807, 2.05) is 0 Å². The number of hydrogen-bond donors (Lipinski definition) is 2. The van der Waals surface area contributed by atoms with Crippen LogP contribution in [0.4, 0.5) is 0 Å². The van der Waals surface area contributed by atoms with E-state index in [0.29, 0.717) is 6.42 Å². The fourth-order valence-corrected chi connectivity index (χ4v) is 2.85. The fraction of sp³-hybridized carbons (Fsp3) is 0.765. The molecule has 0 bridgehead atoms. The molecule has 2 atom stereocenters. The Morgan fingerprint density at radius 3 is 2.05 bits per heavy atom. The van der Waals surface area contributed by atoms with Gasteiger partial charge in [0, 0.05) is 6.42 Å². The Balaban J connectivity index is 2.08. The average Bonchev–Trinajstić information content (AvgIpc) is 2.92. The van der Waals surface area contributed by atoms with E-state index in [4.69, 9.17) is 0 Å². The second kappa shape index (κ2) is 10.5. The van der Waals surface area contributed by atoms with E-state index < -0.39 is 16.7 Å². The van der Waals surface area contributed by atoms with Gasteiger partial charge >= 0.3 is 5.97 Å². The lowest BCUT2D eigenvalue weighted by atomic mass is 10.0. The van der Waals surface area contributed by atoms with E-state index in [-0.39, 0.29) is 0 Å². The molecule has 0 saturated heterocycles. The predicted octanol–water partition coefficient (Wildman–Crippen LogP) is 4.47. The minimum Gasteiger partial charge on any atom is -0.477 e. The minimum atomic E-state index is -0.976. The quantitative estimate of drug-likeness (QED) is 0.389. The van der Waals surface area contributed by atoms with E-state index in [1.54, 1.807) is 0 Å². The zero-order chi connectivity index (χ0) is 16.3. The molecule has 5 nitrogen and oxygen atoms in total. The van der Waals surface area contributed by atoms with E-state index in [0.717, 1.165) is 19.3 Å². The Hall–Kier alpha value is -1.20. The predicted molar refractivity (Wildman–Crippen MR) is 87.6 cm³/mol. The topological polar surface area (TPSA) is 69.9 Å². The fourth-order valence-electron chi connectivity index (χ4n) is 2.85. The van der Waals surface area contributed by atoms with Crippen molar-refractivity contribution in [3.63, 3.8) is 0 Å². The first-order chi connectivity index (χ1) is 10.6. The lowest BCUT2D eigenvalue weighted by Crippen LogP contribution is -2.50. The maximum atomic E-state index is 11.3. The van der Waals surface area contributed by atoms with Crippen molar-refractivity contribution < 1.29 is 19.8 Å². The molecule has 0 aliphatic carbocycles. The van der Waals surface area contributed by atoms with Crippen LogP contribution in [0.25, 0.3) is 0 Å². The van der Waals surface area contributed by atoms with Crippen molar-refractivity contribution in [2.45, 2.75) is 83.6 Å². The largest absolute Gasteiger partial charge is 0.477 e. The van der Waals surface area contributed by atoms with Gasteiger partial charge in [-0.25, -0.2) is 15.0 Å². The second-order valence-electron chi connectivity index (χ2n) is 6.18. The molecule has 2 unspecified atom stereocenters. The van der Waals surface area contributed by atoms with Gasteiger partial charge in [-0.05, 0) is 6.42 Å². The van der Waals surface area contributed by atoms with E-state index in [9.17, 15) is 15.1 Å². The lowest BCUT2D eigenvalue weighted by Gasteiger charge is -2.24. The lowest BCUT2D eigenvalue weighted by molar-refractivity contribution is -0.996. The molecule has 1 heterocycles. The number of nitrogens with zero attached hydrogens (tertiary/aromatic N) is 2. The number of rotatable bonds is 13. The van der Waals surface area contributed by atoms with E-state index in [2.05, 4.69) is 11.9 Å². The van der Waals surface area contributed by atoms with Gasteiger partial charge in [-0.1, -0.05) is 64.7 Å². The zero-order valence-electron chi connectivity index (χ0n) is 13.8. The summed E-state index contributed by atoms with van der Waals surface area (Å²) >= 11 is 0. The van der Waals surface area contributed by atoms with Crippen LogP contribution in [0.3, 0.4) is 0 Å². The summed E-state index contributed by atoms with van der Waals surface area (Å²) in [6.07, 6.45) is 16.7. The van der Waals surface area contributed by atoms with E-state index >= 15 is 0 Å². The molecule has 0 saturated carbocycles. The van der Waals surface area contributed by atoms with Gasteiger partial charge in [-0.2, -0.15) is 0 Å². The van der Waals surface area contributed by atoms with Crippen molar-refractivity contribution in [1.82, 2.24) is 0 Å². The molecule has 0 radical (unpaired) electrons. The van der Waals surface area contributed by atoms with Crippen LogP contribution >= 0.6 is 0 Å². The Morgan fingerprint density at radius 2 is 1.59 bits per heavy atom. The van der Waals surface area contributed by atoms with Gasteiger partial charge in [0.05, 0.1) is 6.20 Å². The zero-order valence-corrected chi connectivity index (χ0v) is 13.8. The number of unbranched alkanes of at least 4 members (excludes halogenated alkanes) is 9. The van der Waals surface area contributed by atoms with Crippen LogP contribution in [-0.4, -0.2) is 33.3 Å². The second-order valence-corrected chi connectivity index (χ2v) is 6.18. The Labute approximate surface area is 133 Å². The summed E-state index contributed by atoms with van der Waals surface area (Å²) in [5.74, 6) is -0.976. The molecule has 0 aromatic carbocycles. The Kier molecular flexibility index (Phi) is 9.01.